The molecule has 0 radical (unpaired) electrons. The van der Waals surface area contributed by atoms with Gasteiger partial charge in [-0.1, -0.05) is 24.4 Å². The molecule has 0 aliphatic heterocycles. The van der Waals surface area contributed by atoms with Crippen LogP contribution in [0.3, 0.4) is 0 Å². The van der Waals surface area contributed by atoms with Gasteiger partial charge >= 0.3 is 12.1 Å². The Labute approximate surface area is 122 Å². The number of rotatable bonds is 5. The molecule has 0 aromatic rings. The maximum atomic E-state index is 12.6. The summed E-state index contributed by atoms with van der Waals surface area (Å²) in [6.07, 6.45) is 1.62. The molecule has 120 valence electrons. The van der Waals surface area contributed by atoms with E-state index in [-0.39, 0.29) is 11.8 Å². The topological polar surface area (TPSA) is 50.7 Å². The normalized spacial score (nSPS) is 22.8. The summed E-state index contributed by atoms with van der Waals surface area (Å²) in [6.45, 7) is 0. The molecule has 1 amide bonds. The molecule has 21 heavy (non-hydrogen) atoms. The largest absolute Gasteiger partial charge is 0.471 e. The van der Waals surface area contributed by atoms with Crippen molar-refractivity contribution in [3.63, 3.8) is 0 Å². The van der Waals surface area contributed by atoms with Gasteiger partial charge in [0.15, 0.2) is 0 Å². The summed E-state index contributed by atoms with van der Waals surface area (Å²) in [7, 11) is 1.38. The molecule has 0 bridgehead atoms. The molecule has 1 N–H and O–H groups in total. The molecule has 2 rings (SSSR count). The van der Waals surface area contributed by atoms with E-state index in [0.29, 0.717) is 5.71 Å². The van der Waals surface area contributed by atoms with Crippen LogP contribution in [-0.2, 0) is 9.63 Å². The first-order chi connectivity index (χ1) is 9.93. The smallest absolute Gasteiger partial charge is 0.399 e. The van der Waals surface area contributed by atoms with Gasteiger partial charge in [0.25, 0.3) is 0 Å². The van der Waals surface area contributed by atoms with Gasteiger partial charge in [0.2, 0.25) is 0 Å². The quantitative estimate of drug-likeness (QED) is 0.627. The van der Waals surface area contributed by atoms with E-state index in [4.69, 9.17) is 4.84 Å². The summed E-state index contributed by atoms with van der Waals surface area (Å²) < 4.78 is 37.7. The standard InChI is InChI=1S/C14H21F3N2O2/c1-21-19-12(10-7-8-10)11(9-5-3-2-4-6-9)18-13(20)14(15,16)17/h9-11H,2-8H2,1H3,(H,18,20)/t11-/m0/s1. The second kappa shape index (κ2) is 6.66. The Morgan fingerprint density at radius 2 is 1.81 bits per heavy atom. The highest BCUT2D eigenvalue weighted by Crippen LogP contribution is 2.36. The average Bonchev–Trinajstić information content (AvgIpc) is 3.27. The lowest BCUT2D eigenvalue weighted by Gasteiger charge is -2.31. The van der Waals surface area contributed by atoms with Gasteiger partial charge in [-0.25, -0.2) is 0 Å². The van der Waals surface area contributed by atoms with Crippen molar-refractivity contribution in [2.45, 2.75) is 57.2 Å². The molecule has 0 aromatic carbocycles. The molecule has 0 heterocycles. The SMILES string of the molecule is CON=C(C1CC1)[C@@H](NC(=O)C(F)(F)F)C1CCCCC1. The molecule has 0 aromatic heterocycles. The fourth-order valence-corrected chi connectivity index (χ4v) is 2.99. The average molecular weight is 306 g/mol. The monoisotopic (exact) mass is 306 g/mol. The molecule has 7 heteroatoms. The van der Waals surface area contributed by atoms with Crippen molar-refractivity contribution >= 4 is 11.6 Å². The number of halogens is 3. The van der Waals surface area contributed by atoms with E-state index < -0.39 is 18.1 Å². The zero-order valence-electron chi connectivity index (χ0n) is 12.1. The van der Waals surface area contributed by atoms with Crippen molar-refractivity contribution in [1.82, 2.24) is 5.32 Å². The molecule has 2 aliphatic rings. The third-order valence-corrected chi connectivity index (χ3v) is 4.18. The van der Waals surface area contributed by atoms with E-state index in [9.17, 15) is 18.0 Å². The van der Waals surface area contributed by atoms with E-state index in [2.05, 4.69) is 10.5 Å². The highest BCUT2D eigenvalue weighted by atomic mass is 19.4. The van der Waals surface area contributed by atoms with Crippen LogP contribution in [0.2, 0.25) is 0 Å². The van der Waals surface area contributed by atoms with Gasteiger partial charge in [-0.2, -0.15) is 13.2 Å². The minimum absolute atomic E-state index is 0.0135. The van der Waals surface area contributed by atoms with Crippen molar-refractivity contribution in [3.05, 3.63) is 0 Å². The van der Waals surface area contributed by atoms with Crippen molar-refractivity contribution in [2.24, 2.45) is 17.0 Å². The van der Waals surface area contributed by atoms with Crippen molar-refractivity contribution in [1.29, 1.82) is 0 Å². The molecule has 2 saturated carbocycles. The Morgan fingerprint density at radius 1 is 1.19 bits per heavy atom. The number of hydrogen-bond donors (Lipinski definition) is 1. The summed E-state index contributed by atoms with van der Waals surface area (Å²) in [4.78, 5) is 16.1. The van der Waals surface area contributed by atoms with Crippen LogP contribution in [0.25, 0.3) is 0 Å². The zero-order chi connectivity index (χ0) is 15.5. The fraction of sp³-hybridized carbons (Fsp3) is 0.857. The third-order valence-electron chi connectivity index (χ3n) is 4.18. The maximum absolute atomic E-state index is 12.6. The lowest BCUT2D eigenvalue weighted by molar-refractivity contribution is -0.174. The van der Waals surface area contributed by atoms with Gasteiger partial charge in [0, 0.05) is 5.92 Å². The first kappa shape index (κ1) is 16.1. The van der Waals surface area contributed by atoms with E-state index >= 15 is 0 Å². The van der Waals surface area contributed by atoms with Crippen LogP contribution < -0.4 is 5.32 Å². The van der Waals surface area contributed by atoms with Crippen molar-refractivity contribution in [2.75, 3.05) is 7.11 Å². The Balaban J connectivity index is 2.16. The van der Waals surface area contributed by atoms with Crippen LogP contribution in [0.4, 0.5) is 13.2 Å². The predicted octanol–water partition coefficient (Wildman–Crippen LogP) is 3.03. The number of nitrogens with zero attached hydrogens (tertiary/aromatic N) is 1. The van der Waals surface area contributed by atoms with Crippen molar-refractivity contribution < 1.29 is 22.8 Å². The first-order valence-corrected chi connectivity index (χ1v) is 7.42. The van der Waals surface area contributed by atoms with Gasteiger partial charge < -0.3 is 10.2 Å². The van der Waals surface area contributed by atoms with Gasteiger partial charge in [0.1, 0.15) is 7.11 Å². The highest BCUT2D eigenvalue weighted by molar-refractivity contribution is 5.97. The summed E-state index contributed by atoms with van der Waals surface area (Å²) in [5, 5.41) is 6.09. The zero-order valence-corrected chi connectivity index (χ0v) is 12.1. The number of hydrogen-bond acceptors (Lipinski definition) is 3. The molecule has 2 aliphatic carbocycles. The number of carbonyl (C=O) groups excluding carboxylic acids is 1. The van der Waals surface area contributed by atoms with E-state index in [0.717, 1.165) is 44.9 Å². The molecule has 0 spiro atoms. The first-order valence-electron chi connectivity index (χ1n) is 7.42. The minimum Gasteiger partial charge on any atom is -0.399 e. The molecule has 2 fully saturated rings. The van der Waals surface area contributed by atoms with Crippen LogP contribution in [0.1, 0.15) is 44.9 Å². The van der Waals surface area contributed by atoms with E-state index in [1.54, 1.807) is 0 Å². The Bertz CT molecular complexity index is 400. The fourth-order valence-electron chi connectivity index (χ4n) is 2.99. The molecular weight excluding hydrogens is 285 g/mol. The second-order valence-corrected chi connectivity index (χ2v) is 5.82. The van der Waals surface area contributed by atoms with Gasteiger partial charge in [-0.3, -0.25) is 4.79 Å². The number of oxime groups is 1. The van der Waals surface area contributed by atoms with Crippen LogP contribution >= 0.6 is 0 Å². The minimum atomic E-state index is -4.87. The molecule has 1 atom stereocenters. The number of carbonyl (C=O) groups is 1. The second-order valence-electron chi connectivity index (χ2n) is 5.82. The Morgan fingerprint density at radius 3 is 2.29 bits per heavy atom. The van der Waals surface area contributed by atoms with Crippen molar-refractivity contribution in [3.8, 4) is 0 Å². The van der Waals surface area contributed by atoms with E-state index in [1.807, 2.05) is 0 Å². The Kier molecular flexibility index (Phi) is 5.11. The van der Waals surface area contributed by atoms with Crippen LogP contribution in [0, 0.1) is 11.8 Å². The molecular formula is C14H21F3N2O2. The van der Waals surface area contributed by atoms with Crippen LogP contribution in [0.15, 0.2) is 5.16 Å². The lowest BCUT2D eigenvalue weighted by atomic mass is 9.81. The number of nitrogens with one attached hydrogen (secondary N) is 1. The van der Waals surface area contributed by atoms with Gasteiger partial charge in [-0.05, 0) is 31.6 Å². The molecule has 0 saturated heterocycles. The van der Waals surface area contributed by atoms with Gasteiger partial charge in [-0.15, -0.1) is 0 Å². The summed E-state index contributed by atoms with van der Waals surface area (Å²) in [6, 6.07) is -0.660. The number of alkyl halides is 3. The van der Waals surface area contributed by atoms with Crippen LogP contribution in [-0.4, -0.2) is 30.9 Å². The third kappa shape index (κ3) is 4.35. The molecule has 4 nitrogen and oxygen atoms in total. The summed E-state index contributed by atoms with van der Waals surface area (Å²) in [5.41, 5.74) is 0.571. The summed E-state index contributed by atoms with van der Waals surface area (Å²) >= 11 is 0. The maximum Gasteiger partial charge on any atom is 0.471 e. The van der Waals surface area contributed by atoms with Gasteiger partial charge in [0.05, 0.1) is 11.8 Å². The lowest BCUT2D eigenvalue weighted by Crippen LogP contribution is -2.51. The van der Waals surface area contributed by atoms with E-state index in [1.165, 1.54) is 7.11 Å². The highest BCUT2D eigenvalue weighted by Gasteiger charge is 2.44. The summed E-state index contributed by atoms with van der Waals surface area (Å²) in [5.74, 6) is -1.73. The van der Waals surface area contributed by atoms with Crippen LogP contribution in [0.5, 0.6) is 0 Å². The Hall–Kier alpha value is -1.27. The molecule has 0 unspecified atom stereocenters. The predicted molar refractivity (Wildman–Crippen MR) is 71.7 cm³/mol. The number of amides is 1.